The Balaban J connectivity index is 1.59. The first-order valence-electron chi connectivity index (χ1n) is 13.4. The molecule has 2 aromatic heterocycles. The SMILES string of the molecule is N#Cc1cccc(C#N)c1-c1cccc2c1c1ccccc1n2-c1cc(-c2ccccc2)cc(-c2ccccc2)n1. The second-order valence-corrected chi connectivity index (χ2v) is 9.84. The summed E-state index contributed by atoms with van der Waals surface area (Å²) >= 11 is 0. The molecule has 0 aliphatic heterocycles. The molecule has 7 rings (SSSR count). The minimum Gasteiger partial charge on any atom is -0.294 e. The molecular formula is C37H22N4. The van der Waals surface area contributed by atoms with Gasteiger partial charge in [-0.3, -0.25) is 4.57 Å². The van der Waals surface area contributed by atoms with Crippen molar-refractivity contribution in [3.8, 4) is 51.5 Å². The Morgan fingerprint density at radius 1 is 0.537 bits per heavy atom. The number of benzene rings is 5. The molecule has 0 amide bonds. The van der Waals surface area contributed by atoms with E-state index >= 15 is 0 Å². The molecule has 4 nitrogen and oxygen atoms in total. The summed E-state index contributed by atoms with van der Waals surface area (Å²) in [6, 6.07) is 49.0. The van der Waals surface area contributed by atoms with E-state index in [-0.39, 0.29) is 0 Å². The molecule has 4 heteroatoms. The second-order valence-electron chi connectivity index (χ2n) is 9.84. The van der Waals surface area contributed by atoms with Gasteiger partial charge in [-0.05, 0) is 53.1 Å². The van der Waals surface area contributed by atoms with Crippen molar-refractivity contribution in [3.05, 3.63) is 145 Å². The number of nitrogens with zero attached hydrogens (tertiary/aromatic N) is 4. The summed E-state index contributed by atoms with van der Waals surface area (Å²) in [5, 5.41) is 22.0. The van der Waals surface area contributed by atoms with Crippen LogP contribution in [0, 0.1) is 22.7 Å². The minimum atomic E-state index is 0.476. The van der Waals surface area contributed by atoms with Gasteiger partial charge in [-0.15, -0.1) is 0 Å². The van der Waals surface area contributed by atoms with E-state index < -0.39 is 0 Å². The minimum absolute atomic E-state index is 0.476. The first-order chi connectivity index (χ1) is 20.3. The van der Waals surface area contributed by atoms with Gasteiger partial charge >= 0.3 is 0 Å². The van der Waals surface area contributed by atoms with Gasteiger partial charge in [-0.1, -0.05) is 97.1 Å². The van der Waals surface area contributed by atoms with Crippen molar-refractivity contribution in [1.29, 1.82) is 10.5 Å². The molecular weight excluding hydrogens is 500 g/mol. The van der Waals surface area contributed by atoms with E-state index in [1.165, 1.54) is 0 Å². The number of aromatic nitrogens is 2. The molecule has 0 fully saturated rings. The molecule has 5 aromatic carbocycles. The summed E-state index contributed by atoms with van der Waals surface area (Å²) < 4.78 is 2.19. The van der Waals surface area contributed by atoms with Crippen LogP contribution in [0.3, 0.4) is 0 Å². The van der Waals surface area contributed by atoms with Gasteiger partial charge in [0, 0.05) is 21.9 Å². The number of nitriles is 2. The second kappa shape index (κ2) is 9.97. The lowest BCUT2D eigenvalue weighted by atomic mass is 9.92. The van der Waals surface area contributed by atoms with Crippen LogP contribution in [-0.4, -0.2) is 9.55 Å². The summed E-state index contributed by atoms with van der Waals surface area (Å²) in [5.74, 6) is 0.794. The van der Waals surface area contributed by atoms with E-state index in [1.807, 2.05) is 60.7 Å². The maximum atomic E-state index is 9.97. The van der Waals surface area contributed by atoms with Crippen molar-refractivity contribution in [2.24, 2.45) is 0 Å². The van der Waals surface area contributed by atoms with E-state index in [1.54, 1.807) is 18.2 Å². The van der Waals surface area contributed by atoms with E-state index in [9.17, 15) is 10.5 Å². The third-order valence-corrected chi connectivity index (χ3v) is 7.49. The van der Waals surface area contributed by atoms with Crippen LogP contribution in [0.4, 0.5) is 0 Å². The fourth-order valence-electron chi connectivity index (χ4n) is 5.69. The molecule has 7 aromatic rings. The molecule has 41 heavy (non-hydrogen) atoms. The molecule has 0 aliphatic rings. The largest absolute Gasteiger partial charge is 0.294 e. The highest BCUT2D eigenvalue weighted by Gasteiger charge is 2.20. The van der Waals surface area contributed by atoms with Crippen LogP contribution in [-0.2, 0) is 0 Å². The van der Waals surface area contributed by atoms with Crippen LogP contribution < -0.4 is 0 Å². The van der Waals surface area contributed by atoms with Gasteiger partial charge in [-0.2, -0.15) is 10.5 Å². The van der Waals surface area contributed by atoms with Crippen molar-refractivity contribution >= 4 is 21.8 Å². The van der Waals surface area contributed by atoms with Crippen molar-refractivity contribution < 1.29 is 0 Å². The molecule has 2 heterocycles. The quantitative estimate of drug-likeness (QED) is 0.232. The fraction of sp³-hybridized carbons (Fsp3) is 0. The zero-order chi connectivity index (χ0) is 27.8. The molecule has 0 bridgehead atoms. The number of hydrogen-bond donors (Lipinski definition) is 0. The Morgan fingerprint density at radius 2 is 1.15 bits per heavy atom. The van der Waals surface area contributed by atoms with Crippen molar-refractivity contribution in [2.75, 3.05) is 0 Å². The van der Waals surface area contributed by atoms with Crippen molar-refractivity contribution in [2.45, 2.75) is 0 Å². The maximum absolute atomic E-state index is 9.97. The topological polar surface area (TPSA) is 65.4 Å². The van der Waals surface area contributed by atoms with Gasteiger partial charge in [0.2, 0.25) is 0 Å². The molecule has 0 N–H and O–H groups in total. The molecule has 0 aliphatic carbocycles. The van der Waals surface area contributed by atoms with Crippen LogP contribution >= 0.6 is 0 Å². The lowest BCUT2D eigenvalue weighted by Gasteiger charge is -2.13. The average Bonchev–Trinajstić information content (AvgIpc) is 3.39. The highest BCUT2D eigenvalue weighted by molar-refractivity contribution is 6.16. The summed E-state index contributed by atoms with van der Waals surface area (Å²) in [6.07, 6.45) is 0. The zero-order valence-electron chi connectivity index (χ0n) is 22.0. The Kier molecular flexibility index (Phi) is 5.86. The maximum Gasteiger partial charge on any atom is 0.138 e. The lowest BCUT2D eigenvalue weighted by Crippen LogP contribution is -2.00. The van der Waals surface area contributed by atoms with Gasteiger partial charge in [0.15, 0.2) is 0 Å². The number of rotatable bonds is 4. The molecule has 190 valence electrons. The van der Waals surface area contributed by atoms with Crippen LogP contribution in [0.5, 0.6) is 0 Å². The molecule has 0 saturated heterocycles. The summed E-state index contributed by atoms with van der Waals surface area (Å²) in [7, 11) is 0. The highest BCUT2D eigenvalue weighted by Crippen LogP contribution is 2.41. The van der Waals surface area contributed by atoms with E-state index in [0.29, 0.717) is 16.7 Å². The summed E-state index contributed by atoms with van der Waals surface area (Å²) in [4.78, 5) is 5.20. The third kappa shape index (κ3) is 4.03. The van der Waals surface area contributed by atoms with Gasteiger partial charge in [0.1, 0.15) is 5.82 Å². The van der Waals surface area contributed by atoms with Crippen LogP contribution in [0.25, 0.3) is 61.1 Å². The Hall–Kier alpha value is -5.97. The van der Waals surface area contributed by atoms with E-state index in [2.05, 4.69) is 71.3 Å². The molecule has 0 spiro atoms. The molecule has 0 radical (unpaired) electrons. The monoisotopic (exact) mass is 522 g/mol. The molecule has 0 saturated carbocycles. The average molecular weight is 523 g/mol. The predicted octanol–water partition coefficient (Wildman–Crippen LogP) is 8.92. The zero-order valence-corrected chi connectivity index (χ0v) is 22.0. The highest BCUT2D eigenvalue weighted by atomic mass is 15.1. The first kappa shape index (κ1) is 24.1. The summed E-state index contributed by atoms with van der Waals surface area (Å²) in [6.45, 7) is 0. The lowest BCUT2D eigenvalue weighted by molar-refractivity contribution is 1.08. The Morgan fingerprint density at radius 3 is 1.85 bits per heavy atom. The van der Waals surface area contributed by atoms with Crippen LogP contribution in [0.15, 0.2) is 133 Å². The Labute approximate surface area is 237 Å². The fourth-order valence-corrected chi connectivity index (χ4v) is 5.69. The van der Waals surface area contributed by atoms with Crippen LogP contribution in [0.1, 0.15) is 11.1 Å². The number of fused-ring (bicyclic) bond motifs is 3. The van der Waals surface area contributed by atoms with Crippen molar-refractivity contribution in [1.82, 2.24) is 9.55 Å². The van der Waals surface area contributed by atoms with Gasteiger partial charge in [0.25, 0.3) is 0 Å². The normalized spacial score (nSPS) is 10.9. The van der Waals surface area contributed by atoms with Gasteiger partial charge < -0.3 is 0 Å². The van der Waals surface area contributed by atoms with Gasteiger partial charge in [-0.25, -0.2) is 4.98 Å². The standard InChI is InChI=1S/C37H22N4/c38-23-27-15-9-16-28(24-39)36(27)31-18-10-20-34-37(31)30-17-7-8-19-33(30)41(34)35-22-29(25-11-3-1-4-12-25)21-32(40-35)26-13-5-2-6-14-26/h1-22H. The van der Waals surface area contributed by atoms with Crippen LogP contribution in [0.2, 0.25) is 0 Å². The predicted molar refractivity (Wildman–Crippen MR) is 164 cm³/mol. The first-order valence-corrected chi connectivity index (χ1v) is 13.4. The van der Waals surface area contributed by atoms with Gasteiger partial charge in [0.05, 0.1) is 40.0 Å². The van der Waals surface area contributed by atoms with E-state index in [4.69, 9.17) is 4.98 Å². The van der Waals surface area contributed by atoms with Crippen molar-refractivity contribution in [3.63, 3.8) is 0 Å². The van der Waals surface area contributed by atoms with E-state index in [0.717, 1.165) is 55.6 Å². The molecule has 0 atom stereocenters. The smallest absolute Gasteiger partial charge is 0.138 e. The Bertz CT molecular complexity index is 2070. The number of hydrogen-bond acceptors (Lipinski definition) is 3. The number of para-hydroxylation sites is 1. The summed E-state index contributed by atoms with van der Waals surface area (Å²) in [5.41, 5.74) is 8.51. The third-order valence-electron chi connectivity index (χ3n) is 7.49. The molecule has 0 unspecified atom stereocenters. The number of pyridine rings is 1.